The third-order valence-electron chi connectivity index (χ3n) is 1.73. The molecule has 0 saturated heterocycles. The number of carbonyl (C=O) groups excluding carboxylic acids is 1. The van der Waals surface area contributed by atoms with E-state index in [-0.39, 0.29) is 11.3 Å². The number of non-ortho nitro benzene ring substituents is 1. The Morgan fingerprint density at radius 1 is 1.35 bits per heavy atom. The lowest BCUT2D eigenvalue weighted by atomic mass is 10.1. The summed E-state index contributed by atoms with van der Waals surface area (Å²) in [5, 5.41) is 10.7. The summed E-state index contributed by atoms with van der Waals surface area (Å²) in [6, 6.07) is 4.17. The van der Waals surface area contributed by atoms with E-state index in [1.807, 2.05) is 22.6 Å². The van der Waals surface area contributed by atoms with E-state index in [4.69, 9.17) is 4.74 Å². The van der Waals surface area contributed by atoms with E-state index in [2.05, 4.69) is 0 Å². The molecule has 0 spiro atoms. The van der Waals surface area contributed by atoms with Gasteiger partial charge >= 0.3 is 5.97 Å². The number of carbonyl (C=O) groups is 1. The first-order valence-electron chi connectivity index (χ1n) is 4.87. The molecule has 17 heavy (non-hydrogen) atoms. The lowest BCUT2D eigenvalue weighted by Crippen LogP contribution is -2.24. The van der Waals surface area contributed by atoms with Gasteiger partial charge in [-0.3, -0.25) is 10.1 Å². The molecule has 0 aliphatic rings. The molecule has 1 rings (SSSR count). The molecule has 0 bridgehead atoms. The molecule has 0 aliphatic heterocycles. The predicted octanol–water partition coefficient (Wildman–Crippen LogP) is 3.15. The van der Waals surface area contributed by atoms with Gasteiger partial charge in [0.25, 0.3) is 5.69 Å². The van der Waals surface area contributed by atoms with Crippen LogP contribution < -0.4 is 0 Å². The van der Waals surface area contributed by atoms with Crippen molar-refractivity contribution in [2.24, 2.45) is 0 Å². The number of halogens is 1. The minimum absolute atomic E-state index is 0.113. The molecule has 0 amide bonds. The number of nitro benzene ring substituents is 1. The number of nitro groups is 1. The Kier molecular flexibility index (Phi) is 4.07. The van der Waals surface area contributed by atoms with Gasteiger partial charge in [0.15, 0.2) is 0 Å². The molecule has 1 aromatic carbocycles. The van der Waals surface area contributed by atoms with E-state index in [0.29, 0.717) is 3.57 Å². The molecule has 92 valence electrons. The number of rotatable bonds is 2. The summed E-state index contributed by atoms with van der Waals surface area (Å²) in [6.45, 7) is 5.23. The first kappa shape index (κ1) is 13.9. The summed E-state index contributed by atoms with van der Waals surface area (Å²) in [4.78, 5) is 21.9. The van der Waals surface area contributed by atoms with Gasteiger partial charge in [0.05, 0.1) is 10.5 Å². The third-order valence-corrected chi connectivity index (χ3v) is 2.35. The maximum atomic E-state index is 11.7. The predicted molar refractivity (Wildman–Crippen MR) is 71.0 cm³/mol. The molecular formula is C11H12INO4. The Balaban J connectivity index is 3.06. The van der Waals surface area contributed by atoms with Gasteiger partial charge in [0.2, 0.25) is 0 Å². The molecule has 0 radical (unpaired) electrons. The zero-order chi connectivity index (χ0) is 13.2. The van der Waals surface area contributed by atoms with Crippen molar-refractivity contribution in [2.75, 3.05) is 0 Å². The molecule has 0 saturated carbocycles. The quantitative estimate of drug-likeness (QED) is 0.356. The van der Waals surface area contributed by atoms with E-state index in [1.54, 1.807) is 26.8 Å². The summed E-state index contributed by atoms with van der Waals surface area (Å²) in [7, 11) is 0. The van der Waals surface area contributed by atoms with Crippen LogP contribution in [0.3, 0.4) is 0 Å². The molecule has 0 unspecified atom stereocenters. The van der Waals surface area contributed by atoms with Gasteiger partial charge in [-0.05, 0) is 49.4 Å². The fourth-order valence-electron chi connectivity index (χ4n) is 1.13. The van der Waals surface area contributed by atoms with Crippen LogP contribution >= 0.6 is 22.6 Å². The maximum Gasteiger partial charge on any atom is 0.338 e. The van der Waals surface area contributed by atoms with Crippen molar-refractivity contribution in [3.05, 3.63) is 37.4 Å². The topological polar surface area (TPSA) is 69.4 Å². The monoisotopic (exact) mass is 349 g/mol. The number of nitrogens with zero attached hydrogens (tertiary/aromatic N) is 1. The van der Waals surface area contributed by atoms with Crippen molar-refractivity contribution in [3.63, 3.8) is 0 Å². The second kappa shape index (κ2) is 4.99. The van der Waals surface area contributed by atoms with Crippen molar-refractivity contribution in [1.29, 1.82) is 0 Å². The lowest BCUT2D eigenvalue weighted by molar-refractivity contribution is -0.385. The van der Waals surface area contributed by atoms with E-state index >= 15 is 0 Å². The van der Waals surface area contributed by atoms with Gasteiger partial charge in [0, 0.05) is 15.7 Å². The number of hydrogen-bond donors (Lipinski definition) is 0. The summed E-state index contributed by atoms with van der Waals surface area (Å²) >= 11 is 1.92. The molecule has 6 heteroatoms. The number of benzene rings is 1. The maximum absolute atomic E-state index is 11.7. The van der Waals surface area contributed by atoms with Gasteiger partial charge in [-0.2, -0.15) is 0 Å². The largest absolute Gasteiger partial charge is 0.456 e. The number of hydrogen-bond acceptors (Lipinski definition) is 4. The summed E-state index contributed by atoms with van der Waals surface area (Å²) in [5.41, 5.74) is -0.538. The molecule has 0 aromatic heterocycles. The Morgan fingerprint density at radius 3 is 2.41 bits per heavy atom. The highest BCUT2D eigenvalue weighted by Crippen LogP contribution is 2.21. The van der Waals surface area contributed by atoms with Crippen LogP contribution in [0.2, 0.25) is 0 Å². The Labute approximate surface area is 112 Å². The van der Waals surface area contributed by atoms with Crippen LogP contribution in [-0.4, -0.2) is 16.5 Å². The zero-order valence-corrected chi connectivity index (χ0v) is 11.8. The Morgan fingerprint density at radius 2 is 1.94 bits per heavy atom. The zero-order valence-electron chi connectivity index (χ0n) is 9.69. The van der Waals surface area contributed by atoms with Gasteiger partial charge in [-0.15, -0.1) is 0 Å². The minimum Gasteiger partial charge on any atom is -0.456 e. The average molecular weight is 349 g/mol. The fourth-order valence-corrected chi connectivity index (χ4v) is 1.79. The summed E-state index contributed by atoms with van der Waals surface area (Å²) in [5.74, 6) is -0.556. The summed E-state index contributed by atoms with van der Waals surface area (Å²) in [6.07, 6.45) is 0. The highest BCUT2D eigenvalue weighted by atomic mass is 127. The van der Waals surface area contributed by atoms with Crippen LogP contribution in [-0.2, 0) is 4.74 Å². The smallest absolute Gasteiger partial charge is 0.338 e. The average Bonchev–Trinajstić information content (AvgIpc) is 2.13. The molecule has 0 heterocycles. The lowest BCUT2D eigenvalue weighted by Gasteiger charge is -2.19. The van der Waals surface area contributed by atoms with Crippen molar-refractivity contribution >= 4 is 34.2 Å². The Bertz CT molecular complexity index is 465. The highest BCUT2D eigenvalue weighted by molar-refractivity contribution is 14.1. The first-order valence-corrected chi connectivity index (χ1v) is 5.95. The number of ether oxygens (including phenoxy) is 1. The van der Waals surface area contributed by atoms with E-state index in [1.165, 1.54) is 12.1 Å². The second-order valence-electron chi connectivity index (χ2n) is 4.46. The Hall–Kier alpha value is -1.18. The molecule has 0 atom stereocenters. The SMILES string of the molecule is CC(C)(C)OC(=O)c1cc(I)cc([N+](=O)[O-])c1. The van der Waals surface area contributed by atoms with Gasteiger partial charge in [-0.25, -0.2) is 4.79 Å². The summed E-state index contributed by atoms with van der Waals surface area (Å²) < 4.78 is 5.77. The van der Waals surface area contributed by atoms with Crippen molar-refractivity contribution < 1.29 is 14.5 Å². The highest BCUT2D eigenvalue weighted by Gasteiger charge is 2.20. The van der Waals surface area contributed by atoms with Crippen LogP contribution in [0.1, 0.15) is 31.1 Å². The van der Waals surface area contributed by atoms with Gasteiger partial charge < -0.3 is 4.74 Å². The number of esters is 1. The molecule has 5 nitrogen and oxygen atoms in total. The normalized spacial score (nSPS) is 11.1. The molecule has 0 N–H and O–H groups in total. The van der Waals surface area contributed by atoms with Crippen LogP contribution in [0, 0.1) is 13.7 Å². The van der Waals surface area contributed by atoms with Crippen LogP contribution in [0.5, 0.6) is 0 Å². The van der Waals surface area contributed by atoms with E-state index < -0.39 is 16.5 Å². The molecule has 1 aromatic rings. The first-order chi connectivity index (χ1) is 7.69. The van der Waals surface area contributed by atoms with Gasteiger partial charge in [-0.1, -0.05) is 0 Å². The third kappa shape index (κ3) is 4.29. The van der Waals surface area contributed by atoms with Crippen LogP contribution in [0.4, 0.5) is 5.69 Å². The van der Waals surface area contributed by atoms with Gasteiger partial charge in [0.1, 0.15) is 5.60 Å². The van der Waals surface area contributed by atoms with Crippen molar-refractivity contribution in [3.8, 4) is 0 Å². The standard InChI is InChI=1S/C11H12INO4/c1-11(2,3)17-10(14)7-4-8(12)6-9(5-7)13(15)16/h4-6H,1-3H3. The van der Waals surface area contributed by atoms with E-state index in [9.17, 15) is 14.9 Å². The van der Waals surface area contributed by atoms with Crippen molar-refractivity contribution in [2.45, 2.75) is 26.4 Å². The molecule has 0 fully saturated rings. The van der Waals surface area contributed by atoms with Crippen LogP contribution in [0.15, 0.2) is 18.2 Å². The molecular weight excluding hydrogens is 337 g/mol. The second-order valence-corrected chi connectivity index (χ2v) is 5.70. The van der Waals surface area contributed by atoms with Crippen molar-refractivity contribution in [1.82, 2.24) is 0 Å². The minimum atomic E-state index is -0.618. The van der Waals surface area contributed by atoms with E-state index in [0.717, 1.165) is 0 Å². The van der Waals surface area contributed by atoms with Crippen LogP contribution in [0.25, 0.3) is 0 Å². The molecule has 0 aliphatic carbocycles. The fraction of sp³-hybridized carbons (Fsp3) is 0.364.